The van der Waals surface area contributed by atoms with Crippen LogP contribution >= 0.6 is 11.6 Å². The van der Waals surface area contributed by atoms with Gasteiger partial charge in [-0.25, -0.2) is 0 Å². The van der Waals surface area contributed by atoms with Gasteiger partial charge in [0.2, 0.25) is 0 Å². The van der Waals surface area contributed by atoms with E-state index in [1.54, 1.807) is 18.2 Å². The van der Waals surface area contributed by atoms with Crippen molar-refractivity contribution in [1.29, 1.82) is 0 Å². The van der Waals surface area contributed by atoms with Gasteiger partial charge in [-0.2, -0.15) is 0 Å². The lowest BCUT2D eigenvalue weighted by atomic mass is 9.84. The molecule has 2 amide bonds. The Balaban J connectivity index is 1.55. The van der Waals surface area contributed by atoms with E-state index >= 15 is 0 Å². The first-order chi connectivity index (χ1) is 11.5. The number of benzene rings is 1. The molecule has 2 bridgehead atoms. The number of carbonyl (C=O) groups excluding carboxylic acids is 2. The summed E-state index contributed by atoms with van der Waals surface area (Å²) in [5.41, 5.74) is 0.466. The molecule has 0 aromatic heterocycles. The highest BCUT2D eigenvalue weighted by molar-refractivity contribution is 6.40. The predicted octanol–water partition coefficient (Wildman–Crippen LogP) is 3.23. The Labute approximate surface area is 147 Å². The minimum Gasteiger partial charge on any atom is -0.495 e. The summed E-state index contributed by atoms with van der Waals surface area (Å²) < 4.78 is 5.06. The Morgan fingerprint density at radius 2 is 2.04 bits per heavy atom. The van der Waals surface area contributed by atoms with Gasteiger partial charge in [-0.15, -0.1) is 0 Å². The Kier molecular flexibility index (Phi) is 4.99. The summed E-state index contributed by atoms with van der Waals surface area (Å²) in [6.45, 7) is 2.00. The van der Waals surface area contributed by atoms with Crippen LogP contribution < -0.4 is 15.4 Å². The molecule has 3 rings (SSSR count). The number of anilines is 1. The van der Waals surface area contributed by atoms with Crippen molar-refractivity contribution in [2.45, 2.75) is 38.6 Å². The number of hydrogen-bond donors (Lipinski definition) is 2. The molecule has 2 fully saturated rings. The van der Waals surface area contributed by atoms with Gasteiger partial charge in [-0.05, 0) is 62.1 Å². The first-order valence-electron chi connectivity index (χ1n) is 8.43. The van der Waals surface area contributed by atoms with Gasteiger partial charge in [0, 0.05) is 11.7 Å². The first-order valence-corrected chi connectivity index (χ1v) is 8.81. The zero-order chi connectivity index (χ0) is 17.3. The molecule has 0 saturated heterocycles. The van der Waals surface area contributed by atoms with E-state index in [4.69, 9.17) is 16.3 Å². The average molecular weight is 351 g/mol. The summed E-state index contributed by atoms with van der Waals surface area (Å²) in [7, 11) is 1.52. The predicted molar refractivity (Wildman–Crippen MR) is 93.2 cm³/mol. The van der Waals surface area contributed by atoms with Crippen LogP contribution in [-0.4, -0.2) is 25.0 Å². The number of hydrogen-bond acceptors (Lipinski definition) is 3. The third kappa shape index (κ3) is 3.51. The summed E-state index contributed by atoms with van der Waals surface area (Å²) >= 11 is 6.02. The third-order valence-corrected chi connectivity index (χ3v) is 5.71. The van der Waals surface area contributed by atoms with E-state index in [9.17, 15) is 9.59 Å². The highest BCUT2D eigenvalue weighted by Crippen LogP contribution is 2.49. The summed E-state index contributed by atoms with van der Waals surface area (Å²) in [6, 6.07) is 4.88. The Morgan fingerprint density at radius 3 is 2.62 bits per heavy atom. The Bertz CT molecular complexity index is 649. The number of methoxy groups -OCH3 is 1. The van der Waals surface area contributed by atoms with Gasteiger partial charge < -0.3 is 15.4 Å². The fraction of sp³-hybridized carbons (Fsp3) is 0.556. The highest BCUT2D eigenvalue weighted by Gasteiger charge is 2.42. The molecular formula is C18H23ClN2O3. The third-order valence-electron chi connectivity index (χ3n) is 5.41. The molecule has 0 aliphatic heterocycles. The fourth-order valence-electron chi connectivity index (χ4n) is 4.22. The number of halogens is 1. The highest BCUT2D eigenvalue weighted by atomic mass is 35.5. The second-order valence-corrected chi connectivity index (χ2v) is 7.31. The number of amides is 2. The van der Waals surface area contributed by atoms with Crippen LogP contribution in [0, 0.1) is 17.8 Å². The number of carbonyl (C=O) groups is 2. The monoisotopic (exact) mass is 350 g/mol. The number of ether oxygens (including phenoxy) is 1. The molecule has 2 N–H and O–H groups in total. The standard InChI is InChI=1S/C18H23ClN2O3/c1-10(14-8-11-3-4-12(14)7-11)20-17(22)18(23)21-13-5-6-16(24-2)15(19)9-13/h5-6,9-12,14H,3-4,7-8H2,1-2H3,(H,20,22)(H,21,23). The maximum absolute atomic E-state index is 12.1. The summed E-state index contributed by atoms with van der Waals surface area (Å²) in [5.74, 6) is 1.26. The van der Waals surface area contributed by atoms with Crippen molar-refractivity contribution in [3.05, 3.63) is 23.2 Å². The van der Waals surface area contributed by atoms with Gasteiger partial charge in [0.05, 0.1) is 12.1 Å². The molecule has 4 atom stereocenters. The SMILES string of the molecule is COc1ccc(NC(=O)C(=O)NC(C)C2CC3CCC2C3)cc1Cl. The zero-order valence-corrected chi connectivity index (χ0v) is 14.7. The number of rotatable bonds is 4. The Morgan fingerprint density at radius 1 is 1.25 bits per heavy atom. The minimum atomic E-state index is -0.675. The molecule has 24 heavy (non-hydrogen) atoms. The molecule has 130 valence electrons. The average Bonchev–Trinajstić information content (AvgIpc) is 3.18. The van der Waals surface area contributed by atoms with Crippen LogP contribution in [0.3, 0.4) is 0 Å². The van der Waals surface area contributed by atoms with Crippen molar-refractivity contribution in [1.82, 2.24) is 5.32 Å². The molecule has 2 aliphatic carbocycles. The van der Waals surface area contributed by atoms with Crippen molar-refractivity contribution in [2.75, 3.05) is 12.4 Å². The van der Waals surface area contributed by atoms with Crippen LogP contribution in [0.15, 0.2) is 18.2 Å². The largest absolute Gasteiger partial charge is 0.495 e. The number of fused-ring (bicyclic) bond motifs is 2. The van der Waals surface area contributed by atoms with E-state index in [-0.39, 0.29) is 6.04 Å². The maximum Gasteiger partial charge on any atom is 0.313 e. The molecule has 0 spiro atoms. The fourth-order valence-corrected chi connectivity index (χ4v) is 4.48. The van der Waals surface area contributed by atoms with Crippen LogP contribution in [0.25, 0.3) is 0 Å². The second kappa shape index (κ2) is 7.01. The van der Waals surface area contributed by atoms with E-state index in [0.717, 1.165) is 5.92 Å². The quantitative estimate of drug-likeness (QED) is 0.819. The normalized spacial score (nSPS) is 26.0. The topological polar surface area (TPSA) is 67.4 Å². The van der Waals surface area contributed by atoms with Crippen LogP contribution in [-0.2, 0) is 9.59 Å². The summed E-state index contributed by atoms with van der Waals surface area (Å²) in [4.78, 5) is 24.2. The van der Waals surface area contributed by atoms with Crippen molar-refractivity contribution in [3.63, 3.8) is 0 Å². The van der Waals surface area contributed by atoms with Crippen LogP contribution in [0.2, 0.25) is 5.02 Å². The van der Waals surface area contributed by atoms with Crippen molar-refractivity contribution in [3.8, 4) is 5.75 Å². The van der Waals surface area contributed by atoms with Crippen LogP contribution in [0.1, 0.15) is 32.6 Å². The van der Waals surface area contributed by atoms with Gasteiger partial charge in [-0.1, -0.05) is 18.0 Å². The van der Waals surface area contributed by atoms with E-state index in [1.807, 2.05) is 6.92 Å². The van der Waals surface area contributed by atoms with Gasteiger partial charge in [-0.3, -0.25) is 9.59 Å². The zero-order valence-electron chi connectivity index (χ0n) is 14.0. The van der Waals surface area contributed by atoms with Crippen LogP contribution in [0.5, 0.6) is 5.75 Å². The van der Waals surface area contributed by atoms with E-state index in [2.05, 4.69) is 10.6 Å². The molecule has 1 aromatic carbocycles. The van der Waals surface area contributed by atoms with Gasteiger partial charge in [0.15, 0.2) is 0 Å². The van der Waals surface area contributed by atoms with E-state index < -0.39 is 11.8 Å². The molecule has 0 radical (unpaired) electrons. The molecule has 5 nitrogen and oxygen atoms in total. The van der Waals surface area contributed by atoms with Crippen molar-refractivity contribution in [2.24, 2.45) is 17.8 Å². The maximum atomic E-state index is 12.1. The van der Waals surface area contributed by atoms with E-state index in [1.165, 1.54) is 32.8 Å². The molecule has 6 heteroatoms. The number of nitrogens with one attached hydrogen (secondary N) is 2. The lowest BCUT2D eigenvalue weighted by Crippen LogP contribution is -2.45. The van der Waals surface area contributed by atoms with Gasteiger partial charge >= 0.3 is 11.8 Å². The molecule has 2 aliphatic rings. The van der Waals surface area contributed by atoms with Crippen molar-refractivity contribution < 1.29 is 14.3 Å². The molecular weight excluding hydrogens is 328 g/mol. The smallest absolute Gasteiger partial charge is 0.313 e. The van der Waals surface area contributed by atoms with Crippen molar-refractivity contribution >= 4 is 29.1 Å². The van der Waals surface area contributed by atoms with Gasteiger partial charge in [0.25, 0.3) is 0 Å². The molecule has 2 saturated carbocycles. The molecule has 0 heterocycles. The van der Waals surface area contributed by atoms with Gasteiger partial charge in [0.1, 0.15) is 5.75 Å². The van der Waals surface area contributed by atoms with Crippen LogP contribution in [0.4, 0.5) is 5.69 Å². The lowest BCUT2D eigenvalue weighted by molar-refractivity contribution is -0.136. The summed E-state index contributed by atoms with van der Waals surface area (Å²) in [6.07, 6.45) is 5.02. The Hall–Kier alpha value is -1.75. The first kappa shape index (κ1) is 17.1. The lowest BCUT2D eigenvalue weighted by Gasteiger charge is -2.28. The molecule has 4 unspecified atom stereocenters. The van der Waals surface area contributed by atoms with E-state index in [0.29, 0.717) is 28.3 Å². The minimum absolute atomic E-state index is 0.0259. The second-order valence-electron chi connectivity index (χ2n) is 6.90. The summed E-state index contributed by atoms with van der Waals surface area (Å²) in [5, 5.41) is 5.81. The molecule has 1 aromatic rings.